The molecular formula is C20H28N2O4S3. The van der Waals surface area contributed by atoms with Crippen LogP contribution in [0.5, 0.6) is 0 Å². The Labute approximate surface area is 178 Å². The fourth-order valence-corrected chi connectivity index (χ4v) is 7.66. The van der Waals surface area contributed by atoms with Gasteiger partial charge in [-0.05, 0) is 56.9 Å². The second-order valence-electron chi connectivity index (χ2n) is 7.34. The summed E-state index contributed by atoms with van der Waals surface area (Å²) in [7, 11) is -7.15. The van der Waals surface area contributed by atoms with Gasteiger partial charge in [0.1, 0.15) is 4.21 Å². The first-order valence-electron chi connectivity index (χ1n) is 9.91. The lowest BCUT2D eigenvalue weighted by Crippen LogP contribution is -2.45. The first-order chi connectivity index (χ1) is 13.7. The normalized spacial score (nSPS) is 18.8. The molecule has 1 fully saturated rings. The van der Waals surface area contributed by atoms with Gasteiger partial charge in [-0.2, -0.15) is 4.31 Å². The van der Waals surface area contributed by atoms with Crippen LogP contribution in [-0.2, 0) is 26.5 Å². The molecule has 2 aromatic rings. The van der Waals surface area contributed by atoms with Crippen LogP contribution >= 0.6 is 11.3 Å². The molecular weight excluding hydrogens is 428 g/mol. The van der Waals surface area contributed by atoms with Crippen LogP contribution in [-0.4, -0.2) is 40.3 Å². The Morgan fingerprint density at radius 2 is 1.79 bits per heavy atom. The molecule has 1 aliphatic rings. The van der Waals surface area contributed by atoms with E-state index in [4.69, 9.17) is 0 Å². The minimum Gasteiger partial charge on any atom is -0.210 e. The van der Waals surface area contributed by atoms with Gasteiger partial charge in [-0.1, -0.05) is 31.0 Å². The van der Waals surface area contributed by atoms with Crippen LogP contribution in [0.4, 0.5) is 0 Å². The fraction of sp³-hybridized carbons (Fsp3) is 0.500. The van der Waals surface area contributed by atoms with Crippen molar-refractivity contribution in [3.05, 3.63) is 46.8 Å². The van der Waals surface area contributed by atoms with Gasteiger partial charge in [0, 0.05) is 24.0 Å². The summed E-state index contributed by atoms with van der Waals surface area (Å²) < 4.78 is 55.7. The molecule has 1 N–H and O–H groups in total. The van der Waals surface area contributed by atoms with E-state index in [0.717, 1.165) is 36.1 Å². The minimum atomic E-state index is -3.59. The first kappa shape index (κ1) is 22.4. The van der Waals surface area contributed by atoms with E-state index in [2.05, 4.69) is 4.72 Å². The zero-order chi connectivity index (χ0) is 21.1. The molecule has 1 aromatic heterocycles. The molecule has 160 valence electrons. The van der Waals surface area contributed by atoms with Gasteiger partial charge in [-0.25, -0.2) is 21.6 Å². The largest absolute Gasteiger partial charge is 0.250 e. The molecule has 0 saturated carbocycles. The summed E-state index contributed by atoms with van der Waals surface area (Å²) in [5.74, 6) is 0. The number of nitrogens with zero attached hydrogens (tertiary/aromatic N) is 1. The molecule has 1 aliphatic heterocycles. The van der Waals surface area contributed by atoms with Crippen molar-refractivity contribution in [1.82, 2.24) is 9.03 Å². The number of nitrogens with one attached hydrogen (secondary N) is 1. The van der Waals surface area contributed by atoms with Crippen LogP contribution in [0.1, 0.15) is 43.0 Å². The van der Waals surface area contributed by atoms with Gasteiger partial charge in [0.05, 0.1) is 4.90 Å². The summed E-state index contributed by atoms with van der Waals surface area (Å²) in [4.78, 5) is 1.31. The van der Waals surface area contributed by atoms with E-state index >= 15 is 0 Å². The van der Waals surface area contributed by atoms with Crippen LogP contribution < -0.4 is 4.72 Å². The molecule has 0 aliphatic carbocycles. The summed E-state index contributed by atoms with van der Waals surface area (Å²) in [5.41, 5.74) is 1.01. The molecule has 3 rings (SSSR count). The van der Waals surface area contributed by atoms with Gasteiger partial charge >= 0.3 is 0 Å². The lowest BCUT2D eigenvalue weighted by atomic mass is 10.0. The Kier molecular flexibility index (Phi) is 7.16. The van der Waals surface area contributed by atoms with Crippen LogP contribution in [0.3, 0.4) is 0 Å². The molecule has 0 amide bonds. The molecule has 0 spiro atoms. The molecule has 6 nitrogen and oxygen atoms in total. The summed E-state index contributed by atoms with van der Waals surface area (Å²) in [6, 6.07) is 10.1. The van der Waals surface area contributed by atoms with Crippen molar-refractivity contribution in [1.29, 1.82) is 0 Å². The number of benzene rings is 1. The molecule has 2 heterocycles. The average Bonchev–Trinajstić information content (AvgIpc) is 3.19. The Morgan fingerprint density at radius 1 is 1.07 bits per heavy atom. The summed E-state index contributed by atoms with van der Waals surface area (Å²) in [6.45, 7) is 4.59. The van der Waals surface area contributed by atoms with E-state index in [1.54, 1.807) is 34.6 Å². The van der Waals surface area contributed by atoms with Gasteiger partial charge in [-0.3, -0.25) is 0 Å². The van der Waals surface area contributed by atoms with Gasteiger partial charge in [0.15, 0.2) is 0 Å². The minimum absolute atomic E-state index is 0.202. The lowest BCUT2D eigenvalue weighted by Gasteiger charge is -2.34. The zero-order valence-electron chi connectivity index (χ0n) is 16.8. The third kappa shape index (κ3) is 5.27. The van der Waals surface area contributed by atoms with E-state index in [1.165, 1.54) is 11.3 Å². The van der Waals surface area contributed by atoms with Crippen molar-refractivity contribution >= 4 is 31.4 Å². The summed E-state index contributed by atoms with van der Waals surface area (Å²) >= 11 is 1.27. The third-order valence-corrected chi connectivity index (χ3v) is 10.4. The maximum Gasteiger partial charge on any atom is 0.250 e. The van der Waals surface area contributed by atoms with Gasteiger partial charge in [0.25, 0.3) is 0 Å². The molecule has 9 heteroatoms. The third-order valence-electron chi connectivity index (χ3n) is 5.22. The molecule has 1 atom stereocenters. The van der Waals surface area contributed by atoms with Crippen LogP contribution in [0.2, 0.25) is 0 Å². The maximum atomic E-state index is 13.1. The Hall–Kier alpha value is -1.26. The van der Waals surface area contributed by atoms with E-state index < -0.39 is 20.0 Å². The van der Waals surface area contributed by atoms with E-state index in [1.807, 2.05) is 19.9 Å². The summed E-state index contributed by atoms with van der Waals surface area (Å²) in [6.07, 6.45) is 3.76. The number of piperidine rings is 1. The van der Waals surface area contributed by atoms with Crippen LogP contribution in [0.15, 0.2) is 45.5 Å². The number of hydrogen-bond acceptors (Lipinski definition) is 5. The van der Waals surface area contributed by atoms with E-state index in [9.17, 15) is 16.8 Å². The summed E-state index contributed by atoms with van der Waals surface area (Å²) in [5, 5.41) is 0. The van der Waals surface area contributed by atoms with Gasteiger partial charge < -0.3 is 0 Å². The van der Waals surface area contributed by atoms with Crippen molar-refractivity contribution in [3.63, 3.8) is 0 Å². The molecule has 1 aromatic carbocycles. The molecule has 0 bridgehead atoms. The highest BCUT2D eigenvalue weighted by molar-refractivity contribution is 7.91. The maximum absolute atomic E-state index is 13.1. The first-order valence-corrected chi connectivity index (χ1v) is 13.6. The van der Waals surface area contributed by atoms with Crippen molar-refractivity contribution in [3.8, 4) is 0 Å². The Morgan fingerprint density at radius 3 is 2.45 bits per heavy atom. The number of rotatable bonds is 8. The highest BCUT2D eigenvalue weighted by atomic mass is 32.2. The Bertz CT molecular complexity index is 1030. The SMILES string of the molecule is CCc1ccc(S(=O)(=O)NCCC2CCCCN2S(=O)(=O)c2ccc(C)cc2)s1. The second-order valence-corrected chi connectivity index (χ2v) is 12.4. The number of sulfonamides is 2. The average molecular weight is 457 g/mol. The van der Waals surface area contributed by atoms with E-state index in [-0.39, 0.29) is 12.6 Å². The number of thiophene rings is 1. The predicted octanol–water partition coefficient (Wildman–Crippen LogP) is 3.53. The zero-order valence-corrected chi connectivity index (χ0v) is 19.2. The molecule has 1 saturated heterocycles. The predicted molar refractivity (Wildman–Crippen MR) is 116 cm³/mol. The van der Waals surface area contributed by atoms with Crippen molar-refractivity contribution in [2.45, 2.75) is 61.1 Å². The quantitative estimate of drug-likeness (QED) is 0.659. The van der Waals surface area contributed by atoms with E-state index in [0.29, 0.717) is 22.1 Å². The highest BCUT2D eigenvalue weighted by Gasteiger charge is 2.33. The van der Waals surface area contributed by atoms with Gasteiger partial charge in [0.2, 0.25) is 20.0 Å². The van der Waals surface area contributed by atoms with Crippen molar-refractivity contribution in [2.24, 2.45) is 0 Å². The van der Waals surface area contributed by atoms with Gasteiger partial charge in [-0.15, -0.1) is 11.3 Å². The van der Waals surface area contributed by atoms with Crippen molar-refractivity contribution in [2.75, 3.05) is 13.1 Å². The van der Waals surface area contributed by atoms with Crippen LogP contribution in [0, 0.1) is 6.92 Å². The topological polar surface area (TPSA) is 83.6 Å². The van der Waals surface area contributed by atoms with Crippen molar-refractivity contribution < 1.29 is 16.8 Å². The van der Waals surface area contributed by atoms with Crippen LogP contribution in [0.25, 0.3) is 0 Å². The molecule has 1 unspecified atom stereocenters. The smallest absolute Gasteiger partial charge is 0.210 e. The number of aryl methyl sites for hydroxylation is 2. The monoisotopic (exact) mass is 456 g/mol. The molecule has 0 radical (unpaired) electrons. The number of hydrogen-bond donors (Lipinski definition) is 1. The Balaban J connectivity index is 1.68. The fourth-order valence-electron chi connectivity index (χ4n) is 3.55. The second kappa shape index (κ2) is 9.26. The highest BCUT2D eigenvalue weighted by Crippen LogP contribution is 2.27. The molecule has 29 heavy (non-hydrogen) atoms. The standard InChI is InChI=1S/C20H28N2O4S3/c1-3-18-9-12-20(27-18)28(23,24)21-14-13-17-6-4-5-15-22(17)29(25,26)19-10-7-16(2)8-11-19/h7-12,17,21H,3-6,13-15H2,1-2H3. The lowest BCUT2D eigenvalue weighted by molar-refractivity contribution is 0.242.